The van der Waals surface area contributed by atoms with Crippen LogP contribution in [0.4, 0.5) is 0 Å². The van der Waals surface area contributed by atoms with Crippen LogP contribution >= 0.6 is 0 Å². The molecule has 9 aromatic rings. The van der Waals surface area contributed by atoms with Gasteiger partial charge in [0.05, 0.1) is 42.0 Å². The third kappa shape index (κ3) is 12.4. The number of allylic oxidation sites excluding steroid dienone is 4. The number of hydrogen-bond donors (Lipinski definition) is 0. The number of fused-ring (bicyclic) bond motifs is 9. The van der Waals surface area contributed by atoms with E-state index in [0.717, 1.165) is 77.9 Å². The van der Waals surface area contributed by atoms with Crippen LogP contribution in [0.15, 0.2) is 237 Å². The van der Waals surface area contributed by atoms with Gasteiger partial charge in [0.2, 0.25) is 0 Å². The lowest BCUT2D eigenvalue weighted by atomic mass is 9.98. The van der Waals surface area contributed by atoms with Crippen LogP contribution in [0.25, 0.3) is 77.5 Å². The topological polar surface area (TPSA) is 183 Å². The van der Waals surface area contributed by atoms with E-state index in [-0.39, 0.29) is 36.8 Å². The molecule has 0 N–H and O–H groups in total. The smallest absolute Gasteiger partial charge is 0.339 e. The maximum absolute atomic E-state index is 13.0. The molecule has 0 spiro atoms. The maximum atomic E-state index is 13.0. The van der Waals surface area contributed by atoms with Crippen molar-refractivity contribution in [2.24, 2.45) is 0 Å². The number of esters is 3. The third-order valence-corrected chi connectivity index (χ3v) is 15.4. The number of carbonyl (C=O) groups is 3. The summed E-state index contributed by atoms with van der Waals surface area (Å²) in [6.45, 7) is 28.5. The second kappa shape index (κ2) is 27.4. The summed E-state index contributed by atoms with van der Waals surface area (Å²) >= 11 is 0. The predicted octanol–water partition coefficient (Wildman–Crippen LogP) is 17.6. The number of ether oxygens (including phenoxy) is 3. The van der Waals surface area contributed by atoms with Crippen LogP contribution in [0.2, 0.25) is 0 Å². The summed E-state index contributed by atoms with van der Waals surface area (Å²) in [7, 11) is 0. The molecule has 0 radical (unpaired) electrons. The van der Waals surface area contributed by atoms with Crippen LogP contribution in [0.1, 0.15) is 105 Å². The maximum Gasteiger partial charge on any atom is 0.339 e. The van der Waals surface area contributed by atoms with E-state index in [2.05, 4.69) is 29.4 Å². The molecule has 0 saturated carbocycles. The number of rotatable bonds is 12. The number of hydrogen-bond acceptors (Lipinski definition) is 10. The van der Waals surface area contributed by atoms with Crippen molar-refractivity contribution in [3.05, 3.63) is 343 Å². The first-order valence-corrected chi connectivity index (χ1v) is 28.4. The van der Waals surface area contributed by atoms with Gasteiger partial charge < -0.3 is 14.2 Å². The Morgan fingerprint density at radius 1 is 0.418 bits per heavy atom. The number of nitrogens with zero attached hydrogens (tertiary/aromatic N) is 6. The number of carbonyl (C=O) groups excluding carboxylic acids is 3. The normalized spacial score (nSPS) is 12.1. The first-order valence-electron chi connectivity index (χ1n) is 28.4. The van der Waals surface area contributed by atoms with Gasteiger partial charge in [0.1, 0.15) is 37.5 Å². The fourth-order valence-electron chi connectivity index (χ4n) is 11.0. The van der Waals surface area contributed by atoms with Gasteiger partial charge in [-0.05, 0) is 120 Å². The molecule has 0 bridgehead atoms. The fourth-order valence-corrected chi connectivity index (χ4v) is 11.0. The van der Waals surface area contributed by atoms with E-state index >= 15 is 0 Å². The van der Waals surface area contributed by atoms with Gasteiger partial charge in [-0.15, -0.1) is 0 Å². The summed E-state index contributed by atoms with van der Waals surface area (Å²) in [5.74, 6) is -1.36. The van der Waals surface area contributed by atoms with Gasteiger partial charge in [-0.1, -0.05) is 213 Å². The van der Waals surface area contributed by atoms with Gasteiger partial charge in [0.15, 0.2) is 0 Å². The Hall–Kier alpha value is -13.2. The van der Waals surface area contributed by atoms with E-state index in [4.69, 9.17) is 27.4 Å². The van der Waals surface area contributed by atoms with Crippen LogP contribution < -0.4 is 0 Å². The summed E-state index contributed by atoms with van der Waals surface area (Å²) in [4.78, 5) is 45.4. The second-order valence-corrected chi connectivity index (χ2v) is 20.8. The zero-order chi connectivity index (χ0) is 64.1. The van der Waals surface area contributed by atoms with Crippen LogP contribution in [-0.2, 0) is 34.0 Å². The highest BCUT2D eigenvalue weighted by molar-refractivity contribution is 6.12. The minimum atomic E-state index is -0.462. The molecule has 432 valence electrons. The average Bonchev–Trinajstić information content (AvgIpc) is 1.70. The summed E-state index contributed by atoms with van der Waals surface area (Å²) in [5, 5.41) is 37.8. The van der Waals surface area contributed by atoms with E-state index in [1.54, 1.807) is 48.6 Å². The quantitative estimate of drug-likeness (QED) is 0.0494. The highest BCUT2D eigenvalue weighted by atomic mass is 16.5. The van der Waals surface area contributed by atoms with Gasteiger partial charge in [-0.25, -0.2) is 34.6 Å². The van der Waals surface area contributed by atoms with Crippen LogP contribution in [-0.4, -0.2) is 17.9 Å². The van der Waals surface area contributed by atoms with Crippen molar-refractivity contribution in [3.63, 3.8) is 0 Å². The van der Waals surface area contributed by atoms with E-state index < -0.39 is 17.9 Å². The Morgan fingerprint density at radius 2 is 0.780 bits per heavy atom. The van der Waals surface area contributed by atoms with Gasteiger partial charge >= 0.3 is 17.9 Å². The Balaban J connectivity index is 0.000000150. The van der Waals surface area contributed by atoms with E-state index in [1.807, 2.05) is 195 Å². The van der Waals surface area contributed by atoms with E-state index in [1.165, 1.54) is 0 Å². The van der Waals surface area contributed by atoms with Crippen LogP contribution in [0.3, 0.4) is 0 Å². The molecule has 12 nitrogen and oxygen atoms in total. The molecule has 12 rings (SSSR count). The zero-order valence-electron chi connectivity index (χ0n) is 49.1. The van der Waals surface area contributed by atoms with E-state index in [9.17, 15) is 35.4 Å². The molecule has 0 heterocycles. The van der Waals surface area contributed by atoms with Crippen LogP contribution in [0, 0.1) is 58.5 Å². The molecular weight excluding hydrogens is 1130 g/mol. The first kappa shape index (κ1) is 60.9. The lowest BCUT2D eigenvalue weighted by molar-refractivity contribution is 0.0464. The Morgan fingerprint density at radius 3 is 1.18 bits per heavy atom. The number of nitriles is 4. The first-order chi connectivity index (χ1) is 44.4. The molecule has 0 amide bonds. The minimum Gasteiger partial charge on any atom is -0.457 e. The molecule has 0 aliphatic heterocycles. The van der Waals surface area contributed by atoms with Crippen molar-refractivity contribution >= 4 is 52.4 Å². The van der Waals surface area contributed by atoms with Crippen molar-refractivity contribution in [2.45, 2.75) is 26.7 Å². The molecular formula is C79H50N6O6. The minimum absolute atomic E-state index is 0.00836. The molecule has 12 heteroatoms. The molecule has 0 saturated heterocycles. The molecule has 3 aliphatic carbocycles. The third-order valence-electron chi connectivity index (χ3n) is 15.4. The predicted molar refractivity (Wildman–Crippen MR) is 351 cm³/mol. The fraction of sp³-hybridized carbons (Fsp3) is 0.0506. The van der Waals surface area contributed by atoms with Gasteiger partial charge in [0, 0.05) is 27.8 Å². The summed E-state index contributed by atoms with van der Waals surface area (Å²) in [6.07, 6.45) is 3.50. The molecule has 0 unspecified atom stereocenters. The molecule has 9 aromatic carbocycles. The number of benzene rings is 9. The Kier molecular flexibility index (Phi) is 18.3. The van der Waals surface area contributed by atoms with Gasteiger partial charge in [-0.2, -0.15) is 10.5 Å². The largest absolute Gasteiger partial charge is 0.457 e. The highest BCUT2D eigenvalue weighted by Gasteiger charge is 2.33. The molecule has 0 aromatic heterocycles. The van der Waals surface area contributed by atoms with Crippen molar-refractivity contribution in [2.75, 3.05) is 0 Å². The van der Waals surface area contributed by atoms with Crippen molar-refractivity contribution in [1.82, 2.24) is 0 Å². The van der Waals surface area contributed by atoms with Crippen molar-refractivity contribution in [1.29, 1.82) is 21.0 Å². The SMILES string of the molecule is C=Cc1ccc(COC(=O)c2ccc3c(c2)C(=C(C#N)C#N)c2ccccc2-3)cc1.[C-]#[N+]/C(C#N)=C1/c2ccccc2-c2c(C(=O)OCc3ccc(C(=C)C)cc3)cccc21.[C-]#[N+]/C(C#N)=C1/c2ccccc2-c2c(C(=O)OCc3ccc(C=C)cc3)cccc21. The molecule has 0 fully saturated rings. The lowest BCUT2D eigenvalue weighted by Gasteiger charge is -2.10. The van der Waals surface area contributed by atoms with Gasteiger partial charge in [0.25, 0.3) is 11.4 Å². The monoisotopic (exact) mass is 1180 g/mol. The summed E-state index contributed by atoms with van der Waals surface area (Å²) < 4.78 is 16.6. The van der Waals surface area contributed by atoms with Gasteiger partial charge in [-0.3, -0.25) is 0 Å². The van der Waals surface area contributed by atoms with E-state index in [0.29, 0.717) is 61.2 Å². The molecule has 3 aliphatic rings. The standard InChI is InChI=1S/C27H18N2O2.2C26H16N2O2/c1-17(2)19-13-11-18(12-14-19)16-31-27(30)23-10-6-9-22-25(23)20-7-4-5-8-21(20)26(22)24(15-28)29-3;1-3-17-11-13-18(14-12-17)16-30-26(29)22-10-6-9-21-24(22)19-7-4-5-8-20(19)25(21)23(15-27)28-2;1-2-17-7-9-18(10-8-17)16-30-26(29)19-11-12-22-21-5-3-4-6-23(21)25(24(22)13-19)20(14-27)15-28/h4-14H,1,16H2,2H3;3-14H,1,16H2;2-13H,1,16H2/b26-24-;25-23-;. The van der Waals surface area contributed by atoms with Crippen molar-refractivity contribution < 1.29 is 28.6 Å². The zero-order valence-corrected chi connectivity index (χ0v) is 49.1. The van der Waals surface area contributed by atoms with Crippen LogP contribution in [0.5, 0.6) is 0 Å². The highest BCUT2D eigenvalue weighted by Crippen LogP contribution is 2.50. The molecule has 91 heavy (non-hydrogen) atoms. The second-order valence-electron chi connectivity index (χ2n) is 20.8. The Labute approximate surface area is 526 Å². The summed E-state index contributed by atoms with van der Waals surface area (Å²) in [6, 6.07) is 69.3. The molecule has 0 atom stereocenters. The van der Waals surface area contributed by atoms with Crippen molar-refractivity contribution in [3.8, 4) is 57.7 Å². The summed E-state index contributed by atoms with van der Waals surface area (Å²) in [5.41, 5.74) is 18.9. The Bertz CT molecular complexity index is 4800. The lowest BCUT2D eigenvalue weighted by Crippen LogP contribution is -2.07. The average molecular weight is 1180 g/mol.